The Labute approximate surface area is 168 Å². The van der Waals surface area contributed by atoms with Crippen LogP contribution >= 0.6 is 11.3 Å². The topological polar surface area (TPSA) is 78.0 Å². The minimum atomic E-state index is -0.666. The Morgan fingerprint density at radius 2 is 2.14 bits per heavy atom. The summed E-state index contributed by atoms with van der Waals surface area (Å²) in [5, 5.41) is 2.92. The highest BCUT2D eigenvalue weighted by atomic mass is 32.1. The van der Waals surface area contributed by atoms with Gasteiger partial charge in [0.1, 0.15) is 18.9 Å². The van der Waals surface area contributed by atoms with Gasteiger partial charge in [0.05, 0.1) is 23.0 Å². The Balaban J connectivity index is 1.75. The van der Waals surface area contributed by atoms with Crippen LogP contribution in [0.5, 0.6) is 5.75 Å². The van der Waals surface area contributed by atoms with Crippen LogP contribution < -0.4 is 9.64 Å². The van der Waals surface area contributed by atoms with Gasteiger partial charge < -0.3 is 14.2 Å². The van der Waals surface area contributed by atoms with Crippen molar-refractivity contribution >= 4 is 28.9 Å². The number of esters is 1. The van der Waals surface area contributed by atoms with E-state index in [2.05, 4.69) is 4.98 Å². The first-order chi connectivity index (χ1) is 13.5. The molecule has 0 spiro atoms. The van der Waals surface area contributed by atoms with E-state index < -0.39 is 12.1 Å². The van der Waals surface area contributed by atoms with E-state index in [1.54, 1.807) is 24.3 Å². The van der Waals surface area contributed by atoms with Gasteiger partial charge >= 0.3 is 5.97 Å². The number of amides is 1. The standard InChI is InChI=1S/C20H24N2O5S/c1-4-7-25-8-9-26-19(23)11-22-17-10-15(16-12-28-14(3)21-16)5-6-18(17)27-13(2)20(22)24/h5-6,10,12-13H,4,7-9,11H2,1-3H3. The van der Waals surface area contributed by atoms with E-state index in [1.807, 2.05) is 31.4 Å². The highest BCUT2D eigenvalue weighted by Crippen LogP contribution is 2.37. The number of thiazole rings is 1. The molecule has 0 saturated carbocycles. The highest BCUT2D eigenvalue weighted by Gasteiger charge is 2.33. The molecular weight excluding hydrogens is 380 g/mol. The predicted octanol–water partition coefficient (Wildman–Crippen LogP) is 3.20. The quantitative estimate of drug-likeness (QED) is 0.497. The molecule has 0 bridgehead atoms. The Kier molecular flexibility index (Phi) is 6.64. The van der Waals surface area contributed by atoms with E-state index in [0.29, 0.717) is 24.7 Å². The second-order valence-corrected chi connectivity index (χ2v) is 7.51. The molecule has 1 aromatic carbocycles. The molecule has 0 fully saturated rings. The van der Waals surface area contributed by atoms with E-state index in [-0.39, 0.29) is 19.1 Å². The second kappa shape index (κ2) is 9.16. The SMILES string of the molecule is CCCOCCOC(=O)CN1C(=O)C(C)Oc2ccc(-c3csc(C)n3)cc21. The number of carbonyl (C=O) groups is 2. The van der Waals surface area contributed by atoms with Gasteiger partial charge in [0.25, 0.3) is 5.91 Å². The van der Waals surface area contributed by atoms with Crippen LogP contribution in [0.25, 0.3) is 11.3 Å². The van der Waals surface area contributed by atoms with Crippen LogP contribution in [0.2, 0.25) is 0 Å². The third-order valence-corrected chi connectivity index (χ3v) is 4.98. The summed E-state index contributed by atoms with van der Waals surface area (Å²) >= 11 is 1.55. The number of ether oxygens (including phenoxy) is 3. The molecule has 0 aliphatic carbocycles. The largest absolute Gasteiger partial charge is 0.479 e. The van der Waals surface area contributed by atoms with Crippen LogP contribution in [0.3, 0.4) is 0 Å². The highest BCUT2D eigenvalue weighted by molar-refractivity contribution is 7.09. The fourth-order valence-electron chi connectivity index (χ4n) is 2.86. The van der Waals surface area contributed by atoms with Crippen molar-refractivity contribution in [3.05, 3.63) is 28.6 Å². The molecule has 1 aliphatic heterocycles. The molecule has 3 rings (SSSR count). The van der Waals surface area contributed by atoms with Crippen molar-refractivity contribution < 1.29 is 23.8 Å². The number of nitrogens with zero attached hydrogens (tertiary/aromatic N) is 2. The average molecular weight is 404 g/mol. The van der Waals surface area contributed by atoms with Crippen LogP contribution in [-0.2, 0) is 19.1 Å². The van der Waals surface area contributed by atoms with Gasteiger partial charge in [-0.1, -0.05) is 6.92 Å². The van der Waals surface area contributed by atoms with Crippen LogP contribution in [0.15, 0.2) is 23.6 Å². The molecule has 1 aliphatic rings. The molecule has 1 unspecified atom stereocenters. The molecular formula is C20H24N2O5S. The summed E-state index contributed by atoms with van der Waals surface area (Å²) in [4.78, 5) is 30.8. The number of carbonyl (C=O) groups excluding carboxylic acids is 2. The van der Waals surface area contributed by atoms with Gasteiger partial charge in [-0.15, -0.1) is 11.3 Å². The van der Waals surface area contributed by atoms with E-state index in [9.17, 15) is 9.59 Å². The van der Waals surface area contributed by atoms with Crippen molar-refractivity contribution in [2.75, 3.05) is 31.3 Å². The Morgan fingerprint density at radius 3 is 2.86 bits per heavy atom. The number of aryl methyl sites for hydroxylation is 1. The van der Waals surface area contributed by atoms with Crippen molar-refractivity contribution in [3.63, 3.8) is 0 Å². The third-order valence-electron chi connectivity index (χ3n) is 4.21. The van der Waals surface area contributed by atoms with Gasteiger partial charge in [-0.3, -0.25) is 14.5 Å². The molecule has 1 amide bonds. The first-order valence-corrected chi connectivity index (χ1v) is 10.2. The predicted molar refractivity (Wildman–Crippen MR) is 107 cm³/mol. The molecule has 28 heavy (non-hydrogen) atoms. The molecule has 0 N–H and O–H groups in total. The van der Waals surface area contributed by atoms with Gasteiger partial charge in [0.2, 0.25) is 0 Å². The lowest BCUT2D eigenvalue weighted by atomic mass is 10.1. The zero-order valence-electron chi connectivity index (χ0n) is 16.3. The van der Waals surface area contributed by atoms with Gasteiger partial charge in [-0.2, -0.15) is 0 Å². The van der Waals surface area contributed by atoms with E-state index >= 15 is 0 Å². The van der Waals surface area contributed by atoms with Crippen molar-refractivity contribution in [3.8, 4) is 17.0 Å². The van der Waals surface area contributed by atoms with E-state index in [1.165, 1.54) is 4.90 Å². The number of rotatable bonds is 8. The van der Waals surface area contributed by atoms with Gasteiger partial charge in [-0.05, 0) is 38.5 Å². The monoisotopic (exact) mass is 404 g/mol. The van der Waals surface area contributed by atoms with Crippen molar-refractivity contribution in [2.24, 2.45) is 0 Å². The molecule has 0 saturated heterocycles. The zero-order chi connectivity index (χ0) is 20.1. The number of anilines is 1. The maximum atomic E-state index is 12.6. The average Bonchev–Trinajstić information content (AvgIpc) is 3.11. The lowest BCUT2D eigenvalue weighted by Crippen LogP contribution is -2.47. The zero-order valence-corrected chi connectivity index (χ0v) is 17.1. The van der Waals surface area contributed by atoms with Crippen molar-refractivity contribution in [2.45, 2.75) is 33.3 Å². The summed E-state index contributed by atoms with van der Waals surface area (Å²) in [7, 11) is 0. The number of benzene rings is 1. The second-order valence-electron chi connectivity index (χ2n) is 6.45. The fraction of sp³-hybridized carbons (Fsp3) is 0.450. The summed E-state index contributed by atoms with van der Waals surface area (Å²) in [6, 6.07) is 5.53. The first-order valence-electron chi connectivity index (χ1n) is 9.27. The van der Waals surface area contributed by atoms with Crippen LogP contribution in [0.1, 0.15) is 25.3 Å². The van der Waals surface area contributed by atoms with E-state index in [4.69, 9.17) is 14.2 Å². The fourth-order valence-corrected chi connectivity index (χ4v) is 3.48. The van der Waals surface area contributed by atoms with Gasteiger partial charge in [0, 0.05) is 17.6 Å². The number of fused-ring (bicyclic) bond motifs is 1. The van der Waals surface area contributed by atoms with Gasteiger partial charge in [0.15, 0.2) is 6.10 Å². The number of aromatic nitrogens is 1. The molecule has 2 aromatic rings. The van der Waals surface area contributed by atoms with Crippen LogP contribution in [0.4, 0.5) is 5.69 Å². The lowest BCUT2D eigenvalue weighted by molar-refractivity contribution is -0.144. The van der Waals surface area contributed by atoms with Crippen molar-refractivity contribution in [1.29, 1.82) is 0 Å². The summed E-state index contributed by atoms with van der Waals surface area (Å²) in [5.41, 5.74) is 2.23. The Hall–Kier alpha value is -2.45. The number of hydrogen-bond acceptors (Lipinski definition) is 7. The third kappa shape index (κ3) is 4.69. The molecule has 2 heterocycles. The number of hydrogen-bond donors (Lipinski definition) is 0. The lowest BCUT2D eigenvalue weighted by Gasteiger charge is -2.32. The van der Waals surface area contributed by atoms with Crippen molar-refractivity contribution in [1.82, 2.24) is 4.98 Å². The first kappa shape index (κ1) is 20.3. The minimum absolute atomic E-state index is 0.165. The normalized spacial score (nSPS) is 15.9. The molecule has 0 radical (unpaired) electrons. The Bertz CT molecular complexity index is 851. The smallest absolute Gasteiger partial charge is 0.326 e. The summed E-state index contributed by atoms with van der Waals surface area (Å²) in [6.45, 7) is 6.58. The maximum Gasteiger partial charge on any atom is 0.326 e. The summed E-state index contributed by atoms with van der Waals surface area (Å²) in [5.74, 6) is -0.205. The molecule has 8 heteroatoms. The molecule has 1 atom stereocenters. The maximum absolute atomic E-state index is 12.6. The van der Waals surface area contributed by atoms with Crippen LogP contribution in [-0.4, -0.2) is 49.3 Å². The molecule has 150 valence electrons. The van der Waals surface area contributed by atoms with Crippen LogP contribution in [0, 0.1) is 6.92 Å². The Morgan fingerprint density at radius 1 is 1.32 bits per heavy atom. The summed E-state index contributed by atoms with van der Waals surface area (Å²) in [6.07, 6.45) is 0.242. The van der Waals surface area contributed by atoms with E-state index in [0.717, 1.165) is 22.7 Å². The summed E-state index contributed by atoms with van der Waals surface area (Å²) < 4.78 is 16.2. The van der Waals surface area contributed by atoms with Gasteiger partial charge in [-0.25, -0.2) is 4.98 Å². The molecule has 1 aromatic heterocycles. The molecule has 7 nitrogen and oxygen atoms in total. The minimum Gasteiger partial charge on any atom is -0.479 e.